The van der Waals surface area contributed by atoms with Gasteiger partial charge in [-0.15, -0.1) is 0 Å². The number of hydrogen-bond donors (Lipinski definition) is 2. The zero-order valence-corrected chi connectivity index (χ0v) is 15.3. The van der Waals surface area contributed by atoms with E-state index in [9.17, 15) is 5.11 Å². The standard InChI is InChI=1S/C19H28N4O2/c1-4-12(3)22-19-21-11-16-17(23-19)15(10-20-18(16)25-5-2)13-6-8-14(24)9-7-13/h10-14,24H,4-9H2,1-3H3,(H,21,22,23)/t12-,13?,14?/m0/s1. The first-order valence-corrected chi connectivity index (χ1v) is 9.35. The van der Waals surface area contributed by atoms with Gasteiger partial charge in [0.05, 0.1) is 23.6 Å². The van der Waals surface area contributed by atoms with Crippen LogP contribution in [0.2, 0.25) is 0 Å². The Morgan fingerprint density at radius 1 is 1.20 bits per heavy atom. The number of nitrogens with zero attached hydrogens (tertiary/aromatic N) is 3. The molecule has 6 nitrogen and oxygen atoms in total. The maximum Gasteiger partial charge on any atom is 0.224 e. The fourth-order valence-electron chi connectivity index (χ4n) is 3.35. The maximum absolute atomic E-state index is 9.80. The van der Waals surface area contributed by atoms with Crippen molar-refractivity contribution in [3.8, 4) is 5.88 Å². The highest BCUT2D eigenvalue weighted by Crippen LogP contribution is 2.37. The van der Waals surface area contributed by atoms with Crippen molar-refractivity contribution in [2.75, 3.05) is 11.9 Å². The minimum absolute atomic E-state index is 0.171. The van der Waals surface area contributed by atoms with E-state index in [0.717, 1.165) is 48.6 Å². The third-order valence-electron chi connectivity index (χ3n) is 5.02. The number of rotatable bonds is 6. The van der Waals surface area contributed by atoms with E-state index in [4.69, 9.17) is 9.72 Å². The molecule has 6 heteroatoms. The van der Waals surface area contributed by atoms with E-state index in [1.807, 2.05) is 19.3 Å². The minimum atomic E-state index is -0.171. The highest BCUT2D eigenvalue weighted by molar-refractivity contribution is 5.86. The number of anilines is 1. The van der Waals surface area contributed by atoms with Gasteiger partial charge in [-0.3, -0.25) is 0 Å². The van der Waals surface area contributed by atoms with Gasteiger partial charge >= 0.3 is 0 Å². The molecule has 0 amide bonds. The Bertz CT molecular complexity index is 714. The van der Waals surface area contributed by atoms with E-state index in [1.54, 1.807) is 0 Å². The molecule has 2 heterocycles. The summed E-state index contributed by atoms with van der Waals surface area (Å²) in [7, 11) is 0. The molecule has 25 heavy (non-hydrogen) atoms. The first kappa shape index (κ1) is 17.9. The summed E-state index contributed by atoms with van der Waals surface area (Å²) in [5.74, 6) is 1.61. The number of nitrogens with one attached hydrogen (secondary N) is 1. The highest BCUT2D eigenvalue weighted by atomic mass is 16.5. The molecule has 0 saturated heterocycles. The minimum Gasteiger partial charge on any atom is -0.477 e. The van der Waals surface area contributed by atoms with Crippen molar-refractivity contribution < 1.29 is 9.84 Å². The molecule has 1 aliphatic rings. The summed E-state index contributed by atoms with van der Waals surface area (Å²) in [6.45, 7) is 6.76. The van der Waals surface area contributed by atoms with Crippen molar-refractivity contribution in [3.63, 3.8) is 0 Å². The monoisotopic (exact) mass is 344 g/mol. The number of aromatic nitrogens is 3. The molecule has 0 bridgehead atoms. The number of aliphatic hydroxyl groups excluding tert-OH is 1. The fourth-order valence-corrected chi connectivity index (χ4v) is 3.35. The first-order chi connectivity index (χ1) is 12.1. The summed E-state index contributed by atoms with van der Waals surface area (Å²) in [6, 6.07) is 0.318. The molecule has 1 saturated carbocycles. The Balaban J connectivity index is 2.02. The average molecular weight is 344 g/mol. The van der Waals surface area contributed by atoms with E-state index in [1.165, 1.54) is 0 Å². The third kappa shape index (κ3) is 4.00. The predicted molar refractivity (Wildman–Crippen MR) is 99.1 cm³/mol. The van der Waals surface area contributed by atoms with Crippen LogP contribution < -0.4 is 10.1 Å². The van der Waals surface area contributed by atoms with Gasteiger partial charge in [0.1, 0.15) is 0 Å². The largest absolute Gasteiger partial charge is 0.477 e. The Morgan fingerprint density at radius 2 is 1.96 bits per heavy atom. The molecule has 0 aromatic carbocycles. The molecule has 136 valence electrons. The molecule has 1 aliphatic carbocycles. The molecular weight excluding hydrogens is 316 g/mol. The Kier molecular flexibility index (Phi) is 5.68. The molecule has 2 N–H and O–H groups in total. The molecule has 2 aromatic rings. The summed E-state index contributed by atoms with van der Waals surface area (Å²) >= 11 is 0. The van der Waals surface area contributed by atoms with Gasteiger partial charge in [0.2, 0.25) is 11.8 Å². The third-order valence-corrected chi connectivity index (χ3v) is 5.02. The lowest BCUT2D eigenvalue weighted by Crippen LogP contribution is -2.18. The SMILES string of the molecule is CCOc1ncc(C2CCC(O)CC2)c2nc(N[C@@H](C)CC)ncc12. The molecule has 0 aliphatic heterocycles. The lowest BCUT2D eigenvalue weighted by atomic mass is 9.83. The van der Waals surface area contributed by atoms with Gasteiger partial charge in [-0.1, -0.05) is 6.92 Å². The van der Waals surface area contributed by atoms with E-state index in [0.29, 0.717) is 30.4 Å². The Morgan fingerprint density at radius 3 is 2.64 bits per heavy atom. The van der Waals surface area contributed by atoms with Crippen LogP contribution in [-0.2, 0) is 0 Å². The Hall–Kier alpha value is -1.95. The maximum atomic E-state index is 9.80. The normalized spacial score (nSPS) is 21.9. The summed E-state index contributed by atoms with van der Waals surface area (Å²) in [4.78, 5) is 13.8. The fraction of sp³-hybridized carbons (Fsp3) is 0.632. The van der Waals surface area contributed by atoms with Crippen LogP contribution >= 0.6 is 0 Å². The van der Waals surface area contributed by atoms with Gasteiger partial charge < -0.3 is 15.2 Å². The van der Waals surface area contributed by atoms with E-state index >= 15 is 0 Å². The lowest BCUT2D eigenvalue weighted by molar-refractivity contribution is 0.122. The van der Waals surface area contributed by atoms with Crippen molar-refractivity contribution in [1.29, 1.82) is 0 Å². The van der Waals surface area contributed by atoms with Crippen molar-refractivity contribution in [2.45, 2.75) is 70.9 Å². The number of aliphatic hydroxyl groups is 1. The lowest BCUT2D eigenvalue weighted by Gasteiger charge is -2.26. The molecule has 0 radical (unpaired) electrons. The Labute approximate surface area is 149 Å². The predicted octanol–water partition coefficient (Wildman–Crippen LogP) is 3.65. The van der Waals surface area contributed by atoms with Gasteiger partial charge in [0, 0.05) is 24.0 Å². The first-order valence-electron chi connectivity index (χ1n) is 9.35. The molecule has 0 spiro atoms. The number of ether oxygens (including phenoxy) is 1. The van der Waals surface area contributed by atoms with Crippen molar-refractivity contribution in [2.24, 2.45) is 0 Å². The van der Waals surface area contributed by atoms with Crippen LogP contribution in [0.15, 0.2) is 12.4 Å². The van der Waals surface area contributed by atoms with Gasteiger partial charge in [0.25, 0.3) is 0 Å². The molecule has 0 unspecified atom stereocenters. The van der Waals surface area contributed by atoms with Crippen LogP contribution in [0.4, 0.5) is 5.95 Å². The van der Waals surface area contributed by atoms with Crippen LogP contribution in [0.25, 0.3) is 10.9 Å². The molecule has 3 rings (SSSR count). The molecule has 2 aromatic heterocycles. The van der Waals surface area contributed by atoms with Gasteiger partial charge in [-0.05, 0) is 51.9 Å². The van der Waals surface area contributed by atoms with E-state index in [2.05, 4.69) is 29.1 Å². The summed E-state index contributed by atoms with van der Waals surface area (Å²) in [5, 5.41) is 14.0. The second-order valence-electron chi connectivity index (χ2n) is 6.87. The van der Waals surface area contributed by atoms with E-state index < -0.39 is 0 Å². The smallest absolute Gasteiger partial charge is 0.224 e. The van der Waals surface area contributed by atoms with E-state index in [-0.39, 0.29) is 6.10 Å². The van der Waals surface area contributed by atoms with Crippen LogP contribution in [0.1, 0.15) is 64.4 Å². The van der Waals surface area contributed by atoms with Crippen molar-refractivity contribution >= 4 is 16.9 Å². The molecule has 1 atom stereocenters. The summed E-state index contributed by atoms with van der Waals surface area (Å²) in [6.07, 6.45) is 8.14. The van der Waals surface area contributed by atoms with Crippen molar-refractivity contribution in [1.82, 2.24) is 15.0 Å². The van der Waals surface area contributed by atoms with Crippen LogP contribution in [-0.4, -0.2) is 38.8 Å². The number of fused-ring (bicyclic) bond motifs is 1. The zero-order valence-electron chi connectivity index (χ0n) is 15.3. The highest BCUT2D eigenvalue weighted by Gasteiger charge is 2.24. The quantitative estimate of drug-likeness (QED) is 0.832. The molecule has 1 fully saturated rings. The summed E-state index contributed by atoms with van der Waals surface area (Å²) in [5.41, 5.74) is 2.06. The molecular formula is C19H28N4O2. The van der Waals surface area contributed by atoms with Crippen LogP contribution in [0.3, 0.4) is 0 Å². The van der Waals surface area contributed by atoms with Gasteiger partial charge in [0.15, 0.2) is 0 Å². The number of hydrogen-bond acceptors (Lipinski definition) is 6. The topological polar surface area (TPSA) is 80.2 Å². The zero-order chi connectivity index (χ0) is 17.8. The van der Waals surface area contributed by atoms with Crippen molar-refractivity contribution in [3.05, 3.63) is 18.0 Å². The van der Waals surface area contributed by atoms with Crippen LogP contribution in [0.5, 0.6) is 5.88 Å². The van der Waals surface area contributed by atoms with Gasteiger partial charge in [-0.2, -0.15) is 0 Å². The average Bonchev–Trinajstić information content (AvgIpc) is 2.63. The number of pyridine rings is 1. The summed E-state index contributed by atoms with van der Waals surface area (Å²) < 4.78 is 5.67. The van der Waals surface area contributed by atoms with Gasteiger partial charge in [-0.25, -0.2) is 15.0 Å². The van der Waals surface area contributed by atoms with Crippen LogP contribution in [0, 0.1) is 0 Å². The second-order valence-corrected chi connectivity index (χ2v) is 6.87. The second kappa shape index (κ2) is 7.95.